The van der Waals surface area contributed by atoms with E-state index in [0.717, 1.165) is 11.1 Å². The number of hydrogen-bond acceptors (Lipinski definition) is 6. The molecule has 3 N–H and O–H groups in total. The number of fused-ring (bicyclic) bond motifs is 4. The molecule has 4 aliphatic rings. The Morgan fingerprint density at radius 2 is 1.51 bits per heavy atom. The Labute approximate surface area is 260 Å². The topological polar surface area (TPSA) is 135 Å². The lowest BCUT2D eigenvalue weighted by Crippen LogP contribution is -2.58. The van der Waals surface area contributed by atoms with Gasteiger partial charge in [0.15, 0.2) is 11.6 Å². The summed E-state index contributed by atoms with van der Waals surface area (Å²) < 4.78 is 0. The Morgan fingerprint density at radius 3 is 2.13 bits per heavy atom. The van der Waals surface area contributed by atoms with Crippen LogP contribution in [0.4, 0.5) is 4.79 Å². The Morgan fingerprint density at radius 1 is 0.889 bits per heavy atom. The van der Waals surface area contributed by atoms with Crippen LogP contribution >= 0.6 is 0 Å². The fourth-order valence-electron chi connectivity index (χ4n) is 8.62. The van der Waals surface area contributed by atoms with E-state index in [1.807, 2.05) is 66.7 Å². The average Bonchev–Trinajstić information content (AvgIpc) is 3.30. The Balaban J connectivity index is 1.53. The summed E-state index contributed by atoms with van der Waals surface area (Å²) >= 11 is 0. The van der Waals surface area contributed by atoms with Crippen LogP contribution in [0.5, 0.6) is 5.75 Å². The average molecular weight is 601 g/mol. The molecule has 1 aliphatic heterocycles. The lowest BCUT2D eigenvalue weighted by atomic mass is 9.44. The normalized spacial score (nSPS) is 29.0. The summed E-state index contributed by atoms with van der Waals surface area (Å²) in [6.07, 6.45) is 3.73. The van der Waals surface area contributed by atoms with Crippen LogP contribution < -0.4 is 5.73 Å². The molecule has 8 nitrogen and oxygen atoms in total. The number of ketones is 2. The molecule has 3 aromatic rings. The first-order chi connectivity index (χ1) is 21.6. The highest BCUT2D eigenvalue weighted by Gasteiger charge is 2.66. The summed E-state index contributed by atoms with van der Waals surface area (Å²) in [5, 5.41) is 10.7. The number of rotatable bonds is 3. The second-order valence-electron chi connectivity index (χ2n) is 12.6. The van der Waals surface area contributed by atoms with Gasteiger partial charge in [0.1, 0.15) is 5.75 Å². The predicted octanol–water partition coefficient (Wildman–Crippen LogP) is 4.91. The van der Waals surface area contributed by atoms with Crippen LogP contribution in [-0.2, 0) is 24.6 Å². The zero-order chi connectivity index (χ0) is 31.8. The number of nitrogens with zero attached hydrogens (tertiary/aromatic N) is 1. The van der Waals surface area contributed by atoms with Crippen LogP contribution in [0.25, 0.3) is 5.57 Å². The van der Waals surface area contributed by atoms with Gasteiger partial charge in [-0.1, -0.05) is 84.4 Å². The quantitative estimate of drug-likeness (QED) is 0.324. The van der Waals surface area contributed by atoms with Crippen LogP contribution in [0.3, 0.4) is 0 Å². The van der Waals surface area contributed by atoms with Gasteiger partial charge in [0, 0.05) is 17.4 Å². The molecule has 3 aliphatic carbocycles. The van der Waals surface area contributed by atoms with Crippen molar-refractivity contribution in [3.8, 4) is 5.75 Å². The van der Waals surface area contributed by atoms with E-state index >= 15 is 0 Å². The Bertz CT molecular complexity index is 1850. The Hall–Kier alpha value is -5.11. The number of imide groups is 3. The van der Waals surface area contributed by atoms with Gasteiger partial charge in [0.2, 0.25) is 11.8 Å². The molecule has 1 saturated carbocycles. The molecule has 2 fully saturated rings. The highest BCUT2D eigenvalue weighted by Crippen LogP contribution is 2.63. The van der Waals surface area contributed by atoms with Crippen molar-refractivity contribution in [3.63, 3.8) is 0 Å². The van der Waals surface area contributed by atoms with E-state index < -0.39 is 52.8 Å². The van der Waals surface area contributed by atoms with Crippen molar-refractivity contribution in [2.24, 2.45) is 29.4 Å². The maximum atomic E-state index is 15.0. The Kier molecular flexibility index (Phi) is 6.51. The zero-order valence-corrected chi connectivity index (χ0v) is 24.9. The zero-order valence-electron chi connectivity index (χ0n) is 24.9. The number of hydrogen-bond donors (Lipinski definition) is 2. The van der Waals surface area contributed by atoms with E-state index in [2.05, 4.69) is 0 Å². The lowest BCUT2D eigenvalue weighted by molar-refractivity contribution is -0.137. The minimum Gasteiger partial charge on any atom is -0.507 e. The van der Waals surface area contributed by atoms with Gasteiger partial charge in [-0.05, 0) is 66.5 Å². The molecule has 6 atom stereocenters. The number of phenols is 1. The van der Waals surface area contributed by atoms with Crippen LogP contribution in [0.2, 0.25) is 0 Å². The minimum absolute atomic E-state index is 0.134. The van der Waals surface area contributed by atoms with E-state index in [4.69, 9.17) is 5.73 Å². The van der Waals surface area contributed by atoms with Gasteiger partial charge < -0.3 is 10.8 Å². The number of likely N-dealkylation sites (tertiary alicyclic amines) is 1. The molecule has 0 bridgehead atoms. The molecular weight excluding hydrogens is 568 g/mol. The molecule has 0 radical (unpaired) electrons. The summed E-state index contributed by atoms with van der Waals surface area (Å²) in [4.78, 5) is 69.6. The van der Waals surface area contributed by atoms with E-state index in [1.165, 1.54) is 6.08 Å². The SMILES string of the molecule is Cc1cc([C@H]2C3=CC[C@@H]4C(=O)N(C(N)=O)C(=O)[C@@H]4[C@@H]3C[C@H]3C(=O)C(c4ccccc4)=CC(=O)[C@@]23c2ccccc2)cc(C)c1O. The predicted molar refractivity (Wildman–Crippen MR) is 166 cm³/mol. The van der Waals surface area contributed by atoms with Gasteiger partial charge in [-0.15, -0.1) is 0 Å². The van der Waals surface area contributed by atoms with Crippen molar-refractivity contribution < 1.29 is 29.1 Å². The number of Topliss-reactive ketones (excluding diaryl/α,β-unsaturated/α-hetero) is 1. The monoisotopic (exact) mass is 600 g/mol. The third-order valence-electron chi connectivity index (χ3n) is 10.4. The van der Waals surface area contributed by atoms with Crippen molar-refractivity contribution in [3.05, 3.63) is 118 Å². The molecule has 0 spiro atoms. The smallest absolute Gasteiger partial charge is 0.328 e. The van der Waals surface area contributed by atoms with Crippen molar-refractivity contribution in [2.45, 2.75) is 38.0 Å². The van der Waals surface area contributed by atoms with Gasteiger partial charge >= 0.3 is 6.03 Å². The number of nitrogens with two attached hydrogens (primary N) is 1. The molecule has 8 heteroatoms. The number of urea groups is 1. The summed E-state index contributed by atoms with van der Waals surface area (Å²) in [7, 11) is 0. The van der Waals surface area contributed by atoms with E-state index in [-0.39, 0.29) is 30.2 Å². The number of benzene rings is 3. The van der Waals surface area contributed by atoms with E-state index in [1.54, 1.807) is 26.0 Å². The number of carbonyl (C=O) groups excluding carboxylic acids is 5. The largest absolute Gasteiger partial charge is 0.507 e. The summed E-state index contributed by atoms with van der Waals surface area (Å²) in [5.74, 6) is -5.46. The molecular formula is C37H32N2O6. The minimum atomic E-state index is -1.36. The standard InChI is InChI=1S/C37H32N2O6/c1-19-15-22(16-20(2)32(19)41)31-24-13-14-25-30(35(44)39(34(25)43)36(38)45)27(24)17-28-33(42)26(21-9-5-3-6-10-21)18-29(40)37(28,31)23-11-7-4-8-12-23/h3-13,15-16,18,25,27-28,30-31,41H,14,17H2,1-2H3,(H2,38,45)/t25-,27+,28-,30-,31-,37-/m0/s1. The fraction of sp³-hybridized carbons (Fsp3) is 0.270. The molecule has 0 unspecified atom stereocenters. The molecule has 1 saturated heterocycles. The van der Waals surface area contributed by atoms with E-state index in [0.29, 0.717) is 32.7 Å². The number of amides is 4. The number of aryl methyl sites for hydroxylation is 2. The molecule has 4 amide bonds. The third kappa shape index (κ3) is 3.94. The van der Waals surface area contributed by atoms with E-state index in [9.17, 15) is 29.1 Å². The summed E-state index contributed by atoms with van der Waals surface area (Å²) in [6, 6.07) is 20.9. The molecule has 0 aromatic heterocycles. The van der Waals surface area contributed by atoms with Crippen molar-refractivity contribution in [1.29, 1.82) is 0 Å². The number of aromatic hydroxyl groups is 1. The highest BCUT2D eigenvalue weighted by atomic mass is 16.3. The molecule has 7 rings (SSSR count). The van der Waals surface area contributed by atoms with Crippen molar-refractivity contribution >= 4 is 35.0 Å². The van der Waals surface area contributed by atoms with Crippen molar-refractivity contribution in [1.82, 2.24) is 4.90 Å². The highest BCUT2D eigenvalue weighted by molar-refractivity contribution is 6.31. The summed E-state index contributed by atoms with van der Waals surface area (Å²) in [6.45, 7) is 3.57. The molecule has 3 aromatic carbocycles. The second kappa shape index (κ2) is 10.2. The number of carbonyl (C=O) groups is 5. The molecule has 226 valence electrons. The van der Waals surface area contributed by atoms with Crippen molar-refractivity contribution in [2.75, 3.05) is 0 Å². The summed E-state index contributed by atoms with van der Waals surface area (Å²) in [5.41, 5.74) is 8.48. The van der Waals surface area contributed by atoms with Gasteiger partial charge in [-0.2, -0.15) is 4.90 Å². The maximum Gasteiger partial charge on any atom is 0.328 e. The maximum absolute atomic E-state index is 15.0. The second-order valence-corrected chi connectivity index (χ2v) is 12.6. The molecule has 1 heterocycles. The fourth-order valence-corrected chi connectivity index (χ4v) is 8.62. The number of phenolic OH excluding ortho intramolecular Hbond substituents is 1. The first kappa shape index (κ1) is 28.6. The van der Waals surface area contributed by atoms with Gasteiger partial charge in [0.05, 0.1) is 17.3 Å². The number of allylic oxidation sites excluding steroid dienone is 4. The van der Waals surface area contributed by atoms with Crippen LogP contribution in [0.1, 0.15) is 46.6 Å². The van der Waals surface area contributed by atoms with Crippen LogP contribution in [0.15, 0.2) is 90.5 Å². The van der Waals surface area contributed by atoms with Gasteiger partial charge in [-0.3, -0.25) is 19.2 Å². The molecule has 45 heavy (non-hydrogen) atoms. The van der Waals surface area contributed by atoms with Crippen LogP contribution in [0, 0.1) is 37.5 Å². The van der Waals surface area contributed by atoms with Crippen LogP contribution in [-0.4, -0.2) is 39.4 Å². The lowest BCUT2D eigenvalue weighted by Gasteiger charge is -2.55. The van der Waals surface area contributed by atoms with Gasteiger partial charge in [0.25, 0.3) is 0 Å². The third-order valence-corrected chi connectivity index (χ3v) is 10.4. The first-order valence-corrected chi connectivity index (χ1v) is 15.2. The number of primary amides is 1. The first-order valence-electron chi connectivity index (χ1n) is 15.2. The van der Waals surface area contributed by atoms with Gasteiger partial charge in [-0.25, -0.2) is 4.79 Å².